The summed E-state index contributed by atoms with van der Waals surface area (Å²) in [4.78, 5) is 24.0. The van der Waals surface area contributed by atoms with Gasteiger partial charge in [0.05, 0.1) is 30.4 Å². The summed E-state index contributed by atoms with van der Waals surface area (Å²) in [6.45, 7) is 2.71. The topological polar surface area (TPSA) is 71.3 Å². The van der Waals surface area contributed by atoms with Crippen molar-refractivity contribution in [2.24, 2.45) is 5.92 Å². The molecule has 1 saturated heterocycles. The molecule has 6 nitrogen and oxygen atoms in total. The van der Waals surface area contributed by atoms with Gasteiger partial charge in [-0.05, 0) is 37.3 Å². The molecule has 1 N–H and O–H groups in total. The summed E-state index contributed by atoms with van der Waals surface area (Å²) in [5.74, 6) is 1.67. The van der Waals surface area contributed by atoms with E-state index in [-0.39, 0.29) is 18.0 Å². The van der Waals surface area contributed by atoms with Crippen molar-refractivity contribution in [2.75, 3.05) is 11.9 Å². The van der Waals surface area contributed by atoms with Gasteiger partial charge in [0.15, 0.2) is 5.76 Å². The summed E-state index contributed by atoms with van der Waals surface area (Å²) >= 11 is 0. The Kier molecular flexibility index (Phi) is 4.11. The molecule has 3 unspecified atom stereocenters. The Balaban J connectivity index is 1.37. The zero-order valence-corrected chi connectivity index (χ0v) is 15.7. The maximum Gasteiger partial charge on any atom is 0.290 e. The number of carbonyl (C=O) groups is 1. The van der Waals surface area contributed by atoms with Gasteiger partial charge in [0, 0.05) is 18.2 Å². The van der Waals surface area contributed by atoms with E-state index < -0.39 is 0 Å². The van der Waals surface area contributed by atoms with Crippen molar-refractivity contribution in [1.29, 1.82) is 0 Å². The number of rotatable bonds is 4. The van der Waals surface area contributed by atoms with Crippen LogP contribution in [-0.4, -0.2) is 39.4 Å². The summed E-state index contributed by atoms with van der Waals surface area (Å²) in [7, 11) is 0. The number of nitrogens with one attached hydrogen (secondary N) is 1. The predicted octanol–water partition coefficient (Wildman–Crippen LogP) is 3.76. The number of carbonyl (C=O) groups excluding carboxylic acids is 1. The minimum Gasteiger partial charge on any atom is -0.459 e. The molecule has 3 atom stereocenters. The molecule has 1 aliphatic heterocycles. The van der Waals surface area contributed by atoms with Crippen molar-refractivity contribution in [3.63, 3.8) is 0 Å². The minimum absolute atomic E-state index is 0.0298. The van der Waals surface area contributed by atoms with Crippen LogP contribution in [0.25, 0.3) is 11.1 Å². The number of aryl methyl sites for hydroxylation is 1. The fourth-order valence-electron chi connectivity index (χ4n) is 4.52. The van der Waals surface area contributed by atoms with Crippen LogP contribution in [0.1, 0.15) is 29.1 Å². The highest BCUT2D eigenvalue weighted by Gasteiger charge is 2.48. The zero-order chi connectivity index (χ0) is 19.1. The minimum atomic E-state index is -0.0298. The lowest BCUT2D eigenvalue weighted by atomic mass is 10.0. The van der Waals surface area contributed by atoms with E-state index in [2.05, 4.69) is 15.3 Å². The van der Waals surface area contributed by atoms with Gasteiger partial charge in [-0.2, -0.15) is 0 Å². The van der Waals surface area contributed by atoms with Gasteiger partial charge < -0.3 is 14.6 Å². The van der Waals surface area contributed by atoms with Crippen molar-refractivity contribution in [3.05, 3.63) is 66.5 Å². The Morgan fingerprint density at radius 1 is 1.14 bits per heavy atom. The fourth-order valence-corrected chi connectivity index (χ4v) is 4.52. The first kappa shape index (κ1) is 17.0. The number of amides is 1. The lowest BCUT2D eigenvalue weighted by molar-refractivity contribution is 0.0660. The van der Waals surface area contributed by atoms with E-state index in [1.54, 1.807) is 18.7 Å². The quantitative estimate of drug-likeness (QED) is 0.753. The summed E-state index contributed by atoms with van der Waals surface area (Å²) in [5, 5.41) is 3.48. The summed E-state index contributed by atoms with van der Waals surface area (Å²) in [6, 6.07) is 12.1. The second-order valence-corrected chi connectivity index (χ2v) is 7.69. The first-order valence-electron chi connectivity index (χ1n) is 9.68. The molecule has 2 aromatic heterocycles. The monoisotopic (exact) mass is 374 g/mol. The van der Waals surface area contributed by atoms with Crippen LogP contribution >= 0.6 is 0 Å². The van der Waals surface area contributed by atoms with E-state index in [4.69, 9.17) is 4.42 Å². The Morgan fingerprint density at radius 2 is 2.00 bits per heavy atom. The molecule has 28 heavy (non-hydrogen) atoms. The molecule has 1 aromatic carbocycles. The number of benzene rings is 1. The average molecular weight is 374 g/mol. The Hall–Kier alpha value is -3.15. The van der Waals surface area contributed by atoms with Gasteiger partial charge in [0.25, 0.3) is 5.91 Å². The number of fused-ring (bicyclic) bond motifs is 2. The highest BCUT2D eigenvalue weighted by atomic mass is 16.3. The average Bonchev–Trinajstić information content (AvgIpc) is 3.45. The molecule has 2 aliphatic rings. The Bertz CT molecular complexity index is 983. The number of likely N-dealkylation sites (tertiary alicyclic amines) is 1. The zero-order valence-electron chi connectivity index (χ0n) is 15.7. The third-order valence-electron chi connectivity index (χ3n) is 5.80. The highest BCUT2D eigenvalue weighted by molar-refractivity contribution is 5.98. The molecular weight excluding hydrogens is 352 g/mol. The summed E-state index contributed by atoms with van der Waals surface area (Å²) in [5.41, 5.74) is 2.73. The van der Waals surface area contributed by atoms with E-state index in [0.29, 0.717) is 11.7 Å². The number of aromatic nitrogens is 2. The maximum absolute atomic E-state index is 13.3. The lowest BCUT2D eigenvalue weighted by Gasteiger charge is -2.33. The van der Waals surface area contributed by atoms with Gasteiger partial charge in [-0.15, -0.1) is 0 Å². The van der Waals surface area contributed by atoms with Gasteiger partial charge >= 0.3 is 0 Å². The SMILES string of the molecule is Cc1cnc(NC2CC3CC2N(C(=O)c2occc2-c2ccccc2)C3)cn1. The number of hydrogen-bond acceptors (Lipinski definition) is 5. The van der Waals surface area contributed by atoms with E-state index in [1.807, 2.05) is 48.2 Å². The molecule has 0 spiro atoms. The standard InChI is InChI=1S/C22H22N4O2/c1-14-11-24-20(12-23-14)25-18-9-15-10-19(18)26(13-15)22(27)21-17(7-8-28-21)16-5-3-2-4-6-16/h2-8,11-12,15,18-19H,9-10,13H2,1H3,(H,24,25). The molecule has 1 amide bonds. The van der Waals surface area contributed by atoms with Crippen LogP contribution in [-0.2, 0) is 0 Å². The maximum atomic E-state index is 13.3. The molecule has 2 bridgehead atoms. The normalized spacial score (nSPS) is 23.2. The molecule has 1 aliphatic carbocycles. The van der Waals surface area contributed by atoms with Gasteiger partial charge in [-0.1, -0.05) is 30.3 Å². The van der Waals surface area contributed by atoms with Crippen molar-refractivity contribution < 1.29 is 9.21 Å². The smallest absolute Gasteiger partial charge is 0.290 e. The van der Waals surface area contributed by atoms with Crippen LogP contribution in [0.15, 0.2) is 59.5 Å². The van der Waals surface area contributed by atoms with Crippen LogP contribution in [0, 0.1) is 12.8 Å². The van der Waals surface area contributed by atoms with E-state index in [0.717, 1.165) is 42.0 Å². The first-order chi connectivity index (χ1) is 13.7. The van der Waals surface area contributed by atoms with Crippen LogP contribution in [0.2, 0.25) is 0 Å². The van der Waals surface area contributed by atoms with Crippen LogP contribution in [0.5, 0.6) is 0 Å². The molecule has 142 valence electrons. The van der Waals surface area contributed by atoms with Gasteiger partial charge in [0.1, 0.15) is 5.82 Å². The number of nitrogens with zero attached hydrogens (tertiary/aromatic N) is 3. The number of piperidine rings is 1. The largest absolute Gasteiger partial charge is 0.459 e. The van der Waals surface area contributed by atoms with Crippen molar-refractivity contribution >= 4 is 11.7 Å². The number of furan rings is 1. The van der Waals surface area contributed by atoms with E-state index in [1.165, 1.54) is 0 Å². The third kappa shape index (κ3) is 2.95. The predicted molar refractivity (Wildman–Crippen MR) is 106 cm³/mol. The molecule has 6 heteroatoms. The molecule has 2 fully saturated rings. The third-order valence-corrected chi connectivity index (χ3v) is 5.80. The molecular formula is C22H22N4O2. The Morgan fingerprint density at radius 3 is 2.75 bits per heavy atom. The van der Waals surface area contributed by atoms with Gasteiger partial charge in [-0.3, -0.25) is 9.78 Å². The van der Waals surface area contributed by atoms with E-state index in [9.17, 15) is 4.79 Å². The lowest BCUT2D eigenvalue weighted by Crippen LogP contribution is -2.47. The highest BCUT2D eigenvalue weighted by Crippen LogP contribution is 2.40. The summed E-state index contributed by atoms with van der Waals surface area (Å²) < 4.78 is 5.63. The summed E-state index contributed by atoms with van der Waals surface area (Å²) in [6.07, 6.45) is 7.18. The van der Waals surface area contributed by atoms with Crippen LogP contribution in [0.4, 0.5) is 5.82 Å². The molecule has 3 heterocycles. The van der Waals surface area contributed by atoms with Crippen LogP contribution < -0.4 is 5.32 Å². The molecule has 1 saturated carbocycles. The van der Waals surface area contributed by atoms with Crippen LogP contribution in [0.3, 0.4) is 0 Å². The number of anilines is 1. The van der Waals surface area contributed by atoms with Crippen molar-refractivity contribution in [3.8, 4) is 11.1 Å². The molecule has 3 aromatic rings. The first-order valence-corrected chi connectivity index (χ1v) is 9.68. The van der Waals surface area contributed by atoms with Gasteiger partial charge in [-0.25, -0.2) is 4.98 Å². The number of hydrogen-bond donors (Lipinski definition) is 1. The second-order valence-electron chi connectivity index (χ2n) is 7.69. The van der Waals surface area contributed by atoms with Gasteiger partial charge in [0.2, 0.25) is 0 Å². The molecule has 0 radical (unpaired) electrons. The second kappa shape index (κ2) is 6.78. The van der Waals surface area contributed by atoms with Crippen molar-refractivity contribution in [2.45, 2.75) is 31.8 Å². The molecule has 5 rings (SSSR count). The Labute approximate surface area is 163 Å². The fraction of sp³-hybridized carbons (Fsp3) is 0.318. The van der Waals surface area contributed by atoms with Crippen molar-refractivity contribution in [1.82, 2.24) is 14.9 Å². The van der Waals surface area contributed by atoms with E-state index >= 15 is 0 Å².